The average Bonchev–Trinajstić information content (AvgIpc) is 3.02. The molecule has 2 aliphatic heterocycles. The van der Waals surface area contributed by atoms with Gasteiger partial charge in [-0.15, -0.1) is 0 Å². The summed E-state index contributed by atoms with van der Waals surface area (Å²) in [7, 11) is 0. The van der Waals surface area contributed by atoms with E-state index in [0.29, 0.717) is 29.0 Å². The van der Waals surface area contributed by atoms with Crippen molar-refractivity contribution in [2.75, 3.05) is 16.3 Å². The van der Waals surface area contributed by atoms with Gasteiger partial charge in [-0.05, 0) is 36.8 Å². The van der Waals surface area contributed by atoms with Crippen LogP contribution in [0.5, 0.6) is 0 Å². The van der Waals surface area contributed by atoms with Crippen molar-refractivity contribution in [3.63, 3.8) is 0 Å². The van der Waals surface area contributed by atoms with E-state index in [1.165, 1.54) is 0 Å². The first-order valence-electron chi connectivity index (χ1n) is 11.2. The molecule has 7 nitrogen and oxygen atoms in total. The average molecular weight is 453 g/mol. The predicted molar refractivity (Wildman–Crippen MR) is 127 cm³/mol. The molecule has 1 atom stereocenters. The summed E-state index contributed by atoms with van der Waals surface area (Å²) in [5, 5.41) is 0. The van der Waals surface area contributed by atoms with E-state index in [0.717, 1.165) is 10.5 Å². The van der Waals surface area contributed by atoms with Crippen LogP contribution in [-0.4, -0.2) is 41.1 Å². The Morgan fingerprint density at radius 3 is 1.97 bits per heavy atom. The first kappa shape index (κ1) is 21.6. The third-order valence-electron chi connectivity index (χ3n) is 6.27. The maximum absolute atomic E-state index is 13.5. The van der Waals surface area contributed by atoms with Crippen molar-refractivity contribution < 1.29 is 19.2 Å². The lowest BCUT2D eigenvalue weighted by atomic mass is 10.1. The molecule has 3 aromatic rings. The summed E-state index contributed by atoms with van der Waals surface area (Å²) < 4.78 is 0. The number of amides is 4. The molecule has 0 fully saturated rings. The van der Waals surface area contributed by atoms with Crippen molar-refractivity contribution in [3.8, 4) is 0 Å². The lowest BCUT2D eigenvalue weighted by Gasteiger charge is -2.29. The van der Waals surface area contributed by atoms with Crippen LogP contribution < -0.4 is 9.80 Å². The number of fused-ring (bicyclic) bond motifs is 2. The Hall–Kier alpha value is -4.26. The fourth-order valence-electron chi connectivity index (χ4n) is 4.64. The summed E-state index contributed by atoms with van der Waals surface area (Å²) in [6, 6.07) is 23.0. The summed E-state index contributed by atoms with van der Waals surface area (Å²) in [5.41, 5.74) is 2.78. The smallest absolute Gasteiger partial charge is 0.262 e. The second-order valence-corrected chi connectivity index (χ2v) is 8.51. The third-order valence-corrected chi connectivity index (χ3v) is 6.27. The molecule has 0 saturated heterocycles. The summed E-state index contributed by atoms with van der Waals surface area (Å²) >= 11 is 0. The maximum atomic E-state index is 13.5. The van der Waals surface area contributed by atoms with Crippen LogP contribution in [0.2, 0.25) is 0 Å². The number of benzene rings is 3. The molecule has 3 aromatic carbocycles. The van der Waals surface area contributed by atoms with E-state index in [9.17, 15) is 19.2 Å². The van der Waals surface area contributed by atoms with Gasteiger partial charge in [0.25, 0.3) is 11.8 Å². The van der Waals surface area contributed by atoms with Gasteiger partial charge in [0.15, 0.2) is 0 Å². The molecule has 0 aromatic heterocycles. The zero-order chi connectivity index (χ0) is 23.8. The summed E-state index contributed by atoms with van der Waals surface area (Å²) in [4.78, 5) is 56.6. The van der Waals surface area contributed by atoms with E-state index < -0.39 is 30.3 Å². The highest BCUT2D eigenvalue weighted by Crippen LogP contribution is 2.36. The maximum Gasteiger partial charge on any atom is 0.262 e. The van der Waals surface area contributed by atoms with Crippen LogP contribution in [0.25, 0.3) is 0 Å². The minimum absolute atomic E-state index is 0.0974. The Bertz CT molecular complexity index is 1270. The van der Waals surface area contributed by atoms with Crippen molar-refractivity contribution in [2.24, 2.45) is 0 Å². The van der Waals surface area contributed by atoms with Crippen molar-refractivity contribution in [2.45, 2.75) is 25.9 Å². The second-order valence-electron chi connectivity index (χ2n) is 8.51. The monoisotopic (exact) mass is 453 g/mol. The van der Waals surface area contributed by atoms with E-state index in [1.807, 2.05) is 48.5 Å². The second kappa shape index (κ2) is 8.59. The highest BCUT2D eigenvalue weighted by molar-refractivity contribution is 6.23. The number of para-hydroxylation sites is 2. The van der Waals surface area contributed by atoms with Crippen LogP contribution >= 0.6 is 0 Å². The van der Waals surface area contributed by atoms with E-state index in [4.69, 9.17) is 0 Å². The molecule has 2 heterocycles. The van der Waals surface area contributed by atoms with Gasteiger partial charge < -0.3 is 9.80 Å². The number of imide groups is 1. The van der Waals surface area contributed by atoms with Gasteiger partial charge in [-0.2, -0.15) is 0 Å². The Kier molecular flexibility index (Phi) is 5.45. The van der Waals surface area contributed by atoms with E-state index in [-0.39, 0.29) is 12.3 Å². The van der Waals surface area contributed by atoms with Crippen molar-refractivity contribution >= 4 is 35.0 Å². The van der Waals surface area contributed by atoms with Gasteiger partial charge in [-0.1, -0.05) is 54.6 Å². The number of carbonyl (C=O) groups is 4. The van der Waals surface area contributed by atoms with Crippen LogP contribution in [0, 0.1) is 0 Å². The van der Waals surface area contributed by atoms with E-state index in [2.05, 4.69) is 0 Å². The number of rotatable bonds is 4. The Morgan fingerprint density at radius 2 is 1.32 bits per heavy atom. The predicted octanol–water partition coefficient (Wildman–Crippen LogP) is 3.64. The highest BCUT2D eigenvalue weighted by Gasteiger charge is 2.39. The summed E-state index contributed by atoms with van der Waals surface area (Å²) in [6.45, 7) is 1.79. The zero-order valence-corrected chi connectivity index (χ0v) is 18.7. The minimum Gasteiger partial charge on any atom is -0.306 e. The van der Waals surface area contributed by atoms with Crippen LogP contribution in [-0.2, 0) is 16.1 Å². The van der Waals surface area contributed by atoms with Gasteiger partial charge in [0.05, 0.1) is 29.0 Å². The molecule has 170 valence electrons. The first-order chi connectivity index (χ1) is 16.5. The Morgan fingerprint density at radius 1 is 0.765 bits per heavy atom. The number of hydrogen-bond acceptors (Lipinski definition) is 4. The Labute approximate surface area is 197 Å². The number of nitrogens with zero attached hydrogens (tertiary/aromatic N) is 3. The molecule has 4 amide bonds. The molecular formula is C27H23N3O4. The van der Waals surface area contributed by atoms with Crippen molar-refractivity contribution in [1.82, 2.24) is 4.90 Å². The lowest BCUT2D eigenvalue weighted by molar-refractivity contribution is -0.120. The summed E-state index contributed by atoms with van der Waals surface area (Å²) in [6.07, 6.45) is 0.120. The van der Waals surface area contributed by atoms with Gasteiger partial charge in [0, 0.05) is 12.5 Å². The molecule has 5 rings (SSSR count). The van der Waals surface area contributed by atoms with Gasteiger partial charge in [0.2, 0.25) is 11.8 Å². The fourth-order valence-corrected chi connectivity index (χ4v) is 4.64. The number of carbonyl (C=O) groups excluding carboxylic acids is 4. The lowest BCUT2D eigenvalue weighted by Crippen LogP contribution is -2.46. The fraction of sp³-hybridized carbons (Fsp3) is 0.185. The molecule has 0 saturated carbocycles. The molecule has 7 heteroatoms. The molecule has 2 aliphatic rings. The number of anilines is 2. The van der Waals surface area contributed by atoms with E-state index in [1.54, 1.807) is 47.1 Å². The van der Waals surface area contributed by atoms with Crippen LogP contribution in [0.1, 0.15) is 39.6 Å². The molecule has 0 aliphatic carbocycles. The molecule has 1 unspecified atom stereocenters. The van der Waals surface area contributed by atoms with Crippen molar-refractivity contribution in [1.29, 1.82) is 0 Å². The molecule has 0 N–H and O–H groups in total. The number of hydrogen-bond donors (Lipinski definition) is 0. The molecule has 0 spiro atoms. The SMILES string of the molecule is CC1CC(=O)N(Cc2ccccc2)c2ccccc2N1C(=O)CN1C(=O)c2ccccc2C1=O. The van der Waals surface area contributed by atoms with Gasteiger partial charge in [0.1, 0.15) is 6.54 Å². The van der Waals surface area contributed by atoms with Crippen LogP contribution in [0.15, 0.2) is 78.9 Å². The first-order valence-corrected chi connectivity index (χ1v) is 11.2. The molecule has 0 radical (unpaired) electrons. The van der Waals surface area contributed by atoms with E-state index >= 15 is 0 Å². The third kappa shape index (κ3) is 3.65. The van der Waals surface area contributed by atoms with Crippen molar-refractivity contribution in [3.05, 3.63) is 95.6 Å². The summed E-state index contributed by atoms with van der Waals surface area (Å²) in [5.74, 6) is -1.47. The molecule has 34 heavy (non-hydrogen) atoms. The van der Waals surface area contributed by atoms with Gasteiger partial charge in [-0.3, -0.25) is 24.1 Å². The van der Waals surface area contributed by atoms with Crippen LogP contribution in [0.3, 0.4) is 0 Å². The largest absolute Gasteiger partial charge is 0.306 e. The quantitative estimate of drug-likeness (QED) is 0.565. The standard InChI is InChI=1S/C27H23N3O4/c1-18-15-24(31)28(16-19-9-3-2-4-10-19)22-13-7-8-14-23(22)30(18)25(32)17-29-26(33)20-11-5-6-12-21(20)27(29)34/h2-14,18H,15-17H2,1H3. The molecule has 0 bridgehead atoms. The normalized spacial score (nSPS) is 17.5. The zero-order valence-electron chi connectivity index (χ0n) is 18.7. The van der Waals surface area contributed by atoms with Gasteiger partial charge in [-0.25, -0.2) is 0 Å². The van der Waals surface area contributed by atoms with Gasteiger partial charge >= 0.3 is 0 Å². The highest BCUT2D eigenvalue weighted by atomic mass is 16.2. The van der Waals surface area contributed by atoms with Crippen LogP contribution in [0.4, 0.5) is 11.4 Å². The topological polar surface area (TPSA) is 78.0 Å². The molecular weight excluding hydrogens is 430 g/mol. The Balaban J connectivity index is 1.47. The minimum atomic E-state index is -0.480.